The normalized spacial score (nSPS) is 28.7. The number of carbonyl (C=O) groups excluding carboxylic acids is 1. The Kier molecular flexibility index (Phi) is 29.2. The number of rotatable bonds is 33. The highest BCUT2D eigenvalue weighted by molar-refractivity contribution is 5.69. The van der Waals surface area contributed by atoms with E-state index >= 15 is 0 Å². The minimum atomic E-state index is -1.70. The minimum absolute atomic E-state index is 0.0562. The molecule has 2 fully saturated rings. The first kappa shape index (κ1) is 51.6. The van der Waals surface area contributed by atoms with E-state index in [9.17, 15) is 40.5 Å². The highest BCUT2D eigenvalue weighted by Gasteiger charge is 2.47. The van der Waals surface area contributed by atoms with Gasteiger partial charge in [0.05, 0.1) is 26.4 Å². The molecule has 0 bridgehead atoms. The Hall–Kier alpha value is -1.53. The molecule has 2 saturated heterocycles. The van der Waals surface area contributed by atoms with Crippen molar-refractivity contribution < 1.29 is 69.0 Å². The maximum Gasteiger partial charge on any atom is 0.306 e. The number of hydrogen-bond acceptors (Lipinski definition) is 14. The molecule has 2 aliphatic heterocycles. The molecule has 0 spiro atoms. The second-order valence-corrected chi connectivity index (χ2v) is 15.5. The third-order valence-electron chi connectivity index (χ3n) is 10.5. The van der Waals surface area contributed by atoms with Crippen LogP contribution < -0.4 is 0 Å². The fourth-order valence-corrected chi connectivity index (χ4v) is 6.78. The molecule has 0 aromatic carbocycles. The van der Waals surface area contributed by atoms with Crippen LogP contribution in [0.15, 0.2) is 24.3 Å². The Morgan fingerprint density at radius 3 is 1.72 bits per heavy atom. The van der Waals surface area contributed by atoms with Gasteiger partial charge in [0.1, 0.15) is 54.9 Å². The predicted molar refractivity (Wildman–Crippen MR) is 215 cm³/mol. The molecular weight excluding hydrogens is 740 g/mol. The van der Waals surface area contributed by atoms with Crippen molar-refractivity contribution in [2.75, 3.05) is 33.0 Å². The standard InChI is InChI=1S/C43H78O14/c1-3-5-7-9-11-12-13-14-15-16-17-18-19-21-23-25-27-52-29-32(55-35(45)26-24-22-20-10-8-6-4-2)30-53-42-41(51)39(49)37(47)34(57-42)31-54-43-40(50)38(48)36(46)33(28-44)56-43/h11-12,14-15,32-34,36-44,46-51H,3-10,13,16-31H2,1-2H3/b12-11-,15-14-. The van der Waals surface area contributed by atoms with Crippen LogP contribution in [0.5, 0.6) is 0 Å². The smallest absolute Gasteiger partial charge is 0.306 e. The monoisotopic (exact) mass is 819 g/mol. The summed E-state index contributed by atoms with van der Waals surface area (Å²) < 4.78 is 34.0. The van der Waals surface area contributed by atoms with Crippen molar-refractivity contribution in [3.8, 4) is 0 Å². The summed E-state index contributed by atoms with van der Waals surface area (Å²) in [6.45, 7) is 3.57. The van der Waals surface area contributed by atoms with Crippen molar-refractivity contribution in [3.63, 3.8) is 0 Å². The van der Waals surface area contributed by atoms with Crippen molar-refractivity contribution in [1.82, 2.24) is 0 Å². The molecule has 334 valence electrons. The van der Waals surface area contributed by atoms with Gasteiger partial charge in [0.25, 0.3) is 0 Å². The Balaban J connectivity index is 1.79. The zero-order chi connectivity index (χ0) is 41.7. The summed E-state index contributed by atoms with van der Waals surface area (Å²) >= 11 is 0. The van der Waals surface area contributed by atoms with Crippen LogP contribution in [0.2, 0.25) is 0 Å². The summed E-state index contributed by atoms with van der Waals surface area (Å²) in [5.41, 5.74) is 0. The molecule has 14 nitrogen and oxygen atoms in total. The maximum atomic E-state index is 12.8. The zero-order valence-electron chi connectivity index (χ0n) is 34.8. The summed E-state index contributed by atoms with van der Waals surface area (Å²) in [5, 5.41) is 71.7. The molecule has 57 heavy (non-hydrogen) atoms. The molecule has 0 radical (unpaired) electrons. The van der Waals surface area contributed by atoms with Crippen molar-refractivity contribution in [2.45, 2.75) is 210 Å². The molecule has 11 unspecified atom stereocenters. The largest absolute Gasteiger partial charge is 0.457 e. The van der Waals surface area contributed by atoms with Crippen molar-refractivity contribution in [1.29, 1.82) is 0 Å². The van der Waals surface area contributed by atoms with Crippen LogP contribution in [0, 0.1) is 0 Å². The van der Waals surface area contributed by atoms with Crippen molar-refractivity contribution >= 4 is 5.97 Å². The second kappa shape index (κ2) is 32.3. The van der Waals surface area contributed by atoms with Crippen LogP contribution in [0.25, 0.3) is 0 Å². The molecule has 0 amide bonds. The van der Waals surface area contributed by atoms with E-state index in [1.54, 1.807) is 0 Å². The number of aliphatic hydroxyl groups excluding tert-OH is 7. The van der Waals surface area contributed by atoms with Crippen molar-refractivity contribution in [2.24, 2.45) is 0 Å². The number of allylic oxidation sites excluding steroid dienone is 4. The molecule has 0 aromatic rings. The van der Waals surface area contributed by atoms with E-state index in [-0.39, 0.29) is 25.6 Å². The molecule has 2 rings (SSSR count). The second-order valence-electron chi connectivity index (χ2n) is 15.5. The number of ether oxygens (including phenoxy) is 6. The van der Waals surface area contributed by atoms with Gasteiger partial charge in [-0.3, -0.25) is 4.79 Å². The predicted octanol–water partition coefficient (Wildman–Crippen LogP) is 4.51. The topological polar surface area (TPSA) is 214 Å². The first-order chi connectivity index (χ1) is 27.6. The molecule has 0 aliphatic carbocycles. The van der Waals surface area contributed by atoms with Crippen LogP contribution in [0.4, 0.5) is 0 Å². The average Bonchev–Trinajstić information content (AvgIpc) is 3.20. The summed E-state index contributed by atoms with van der Waals surface area (Å²) in [6, 6.07) is 0. The Morgan fingerprint density at radius 1 is 0.579 bits per heavy atom. The van der Waals surface area contributed by atoms with Gasteiger partial charge in [0.2, 0.25) is 0 Å². The van der Waals surface area contributed by atoms with Gasteiger partial charge in [-0.05, 0) is 44.9 Å². The minimum Gasteiger partial charge on any atom is -0.457 e. The van der Waals surface area contributed by atoms with Crippen LogP contribution >= 0.6 is 0 Å². The van der Waals surface area contributed by atoms with Crippen LogP contribution in [0.1, 0.15) is 142 Å². The van der Waals surface area contributed by atoms with Crippen LogP contribution in [0.3, 0.4) is 0 Å². The molecule has 0 saturated carbocycles. The lowest BCUT2D eigenvalue weighted by Crippen LogP contribution is -2.61. The molecule has 2 heterocycles. The molecule has 2 aliphatic rings. The SMILES string of the molecule is CCCCC/C=C\C/C=C\CCCCCCCCOCC(COC1OC(COC2OC(CO)C(O)C(O)C2O)C(O)C(O)C1O)OC(=O)CCCCCCCCC. The molecule has 0 aromatic heterocycles. The van der Waals surface area contributed by atoms with Crippen LogP contribution in [-0.4, -0.2) is 142 Å². The Labute approximate surface area is 341 Å². The van der Waals surface area contributed by atoms with E-state index in [2.05, 4.69) is 38.2 Å². The molecular formula is C43H78O14. The van der Waals surface area contributed by atoms with E-state index in [1.807, 2.05) is 0 Å². The summed E-state index contributed by atoms with van der Waals surface area (Å²) in [5.74, 6) is -0.388. The first-order valence-corrected chi connectivity index (χ1v) is 21.9. The number of aliphatic hydroxyl groups is 7. The number of carbonyl (C=O) groups is 1. The van der Waals surface area contributed by atoms with E-state index < -0.39 is 80.7 Å². The lowest BCUT2D eigenvalue weighted by atomic mass is 9.98. The van der Waals surface area contributed by atoms with Gasteiger partial charge in [0.15, 0.2) is 12.6 Å². The van der Waals surface area contributed by atoms with Gasteiger partial charge in [-0.2, -0.15) is 0 Å². The summed E-state index contributed by atoms with van der Waals surface area (Å²) in [7, 11) is 0. The summed E-state index contributed by atoms with van der Waals surface area (Å²) in [4.78, 5) is 12.8. The van der Waals surface area contributed by atoms with Gasteiger partial charge in [-0.1, -0.05) is 115 Å². The lowest BCUT2D eigenvalue weighted by Gasteiger charge is -2.42. The van der Waals surface area contributed by atoms with Gasteiger partial charge in [0, 0.05) is 13.0 Å². The van der Waals surface area contributed by atoms with Gasteiger partial charge in [-0.15, -0.1) is 0 Å². The lowest BCUT2D eigenvalue weighted by molar-refractivity contribution is -0.332. The first-order valence-electron chi connectivity index (χ1n) is 21.9. The fraction of sp³-hybridized carbons (Fsp3) is 0.884. The average molecular weight is 819 g/mol. The molecule has 11 atom stereocenters. The number of unbranched alkanes of at least 4 members (excludes halogenated alkanes) is 15. The van der Waals surface area contributed by atoms with Crippen LogP contribution in [-0.2, 0) is 33.2 Å². The van der Waals surface area contributed by atoms with Crippen molar-refractivity contribution in [3.05, 3.63) is 24.3 Å². The maximum absolute atomic E-state index is 12.8. The zero-order valence-corrected chi connectivity index (χ0v) is 34.8. The molecule has 14 heteroatoms. The quantitative estimate of drug-likeness (QED) is 0.0276. The van der Waals surface area contributed by atoms with E-state index in [0.29, 0.717) is 13.0 Å². The van der Waals surface area contributed by atoms with Gasteiger partial charge in [-0.25, -0.2) is 0 Å². The fourth-order valence-electron chi connectivity index (χ4n) is 6.78. The third kappa shape index (κ3) is 21.5. The number of esters is 1. The van der Waals surface area contributed by atoms with E-state index in [4.69, 9.17) is 28.4 Å². The van der Waals surface area contributed by atoms with E-state index in [1.165, 1.54) is 57.8 Å². The Morgan fingerprint density at radius 2 is 1.09 bits per heavy atom. The van der Waals surface area contributed by atoms with Gasteiger partial charge < -0.3 is 64.2 Å². The highest BCUT2D eigenvalue weighted by atomic mass is 16.7. The Bertz CT molecular complexity index is 1040. The highest BCUT2D eigenvalue weighted by Crippen LogP contribution is 2.26. The molecule has 7 N–H and O–H groups in total. The third-order valence-corrected chi connectivity index (χ3v) is 10.5. The summed E-state index contributed by atoms with van der Waals surface area (Å²) in [6.07, 6.45) is 14.2. The van der Waals surface area contributed by atoms with Gasteiger partial charge >= 0.3 is 5.97 Å². The number of hydrogen-bond donors (Lipinski definition) is 7. The van der Waals surface area contributed by atoms with E-state index in [0.717, 1.165) is 57.8 Å².